The number of amides is 1. The lowest BCUT2D eigenvalue weighted by atomic mass is 9.39. The van der Waals surface area contributed by atoms with E-state index in [-0.39, 0.29) is 22.7 Å². The number of hydrogen-bond acceptors (Lipinski definition) is 8. The fraction of sp³-hybridized carbons (Fsp3) is 0.474. The number of carbonyl (C=O) groups excluding carboxylic acids is 1. The summed E-state index contributed by atoms with van der Waals surface area (Å²) in [6, 6.07) is 5.69. The van der Waals surface area contributed by atoms with Gasteiger partial charge in [0, 0.05) is 22.2 Å². The van der Waals surface area contributed by atoms with Gasteiger partial charge in [-0.05, 0) is 50.3 Å². The van der Waals surface area contributed by atoms with E-state index in [1.165, 1.54) is 0 Å². The first-order valence-corrected chi connectivity index (χ1v) is 12.7. The second-order valence-corrected chi connectivity index (χ2v) is 12.6. The van der Waals surface area contributed by atoms with Crippen molar-refractivity contribution >= 4 is 48.9 Å². The fourth-order valence-electron chi connectivity index (χ4n) is 4.92. The average Bonchev–Trinajstić information content (AvgIpc) is 3.11. The van der Waals surface area contributed by atoms with Crippen LogP contribution in [0.2, 0.25) is 5.02 Å². The van der Waals surface area contributed by atoms with Gasteiger partial charge in [0.25, 0.3) is 0 Å². The summed E-state index contributed by atoms with van der Waals surface area (Å²) in [7, 11) is -3.37. The number of rotatable bonds is 5. The van der Waals surface area contributed by atoms with E-state index in [1.54, 1.807) is 11.3 Å². The number of carbonyl (C=O) groups is 1. The molecule has 0 spiro atoms. The molecule has 4 aliphatic rings. The Balaban J connectivity index is 1.16. The van der Waals surface area contributed by atoms with Crippen molar-refractivity contribution < 1.29 is 17.6 Å². The van der Waals surface area contributed by atoms with Crippen molar-refractivity contribution in [3.05, 3.63) is 40.0 Å². The smallest absolute Gasteiger partial charge is 0.309 e. The average molecular weight is 465 g/mol. The number of nitrogens with zero attached hydrogens (tertiary/aromatic N) is 3. The zero-order chi connectivity index (χ0) is 20.9. The van der Waals surface area contributed by atoms with Crippen molar-refractivity contribution in [2.45, 2.75) is 47.8 Å². The van der Waals surface area contributed by atoms with Gasteiger partial charge in [0.1, 0.15) is 9.75 Å². The van der Waals surface area contributed by atoms with Gasteiger partial charge in [0.2, 0.25) is 5.89 Å². The number of benzene rings is 1. The number of aromatic nitrogens is 3. The molecule has 30 heavy (non-hydrogen) atoms. The Hall–Kier alpha value is -2.04. The lowest BCUT2D eigenvalue weighted by molar-refractivity contribution is -0.0812. The summed E-state index contributed by atoms with van der Waals surface area (Å²) in [5.41, 5.74) is 0.674. The van der Waals surface area contributed by atoms with Crippen LogP contribution < -0.4 is 5.32 Å². The normalized spacial score (nSPS) is 28.6. The lowest BCUT2D eigenvalue weighted by Crippen LogP contribution is -2.76. The number of fused-ring (bicyclic) bond motifs is 1. The van der Waals surface area contributed by atoms with Gasteiger partial charge in [0.05, 0.1) is 10.2 Å². The standard InChI is InChI=1S/C19H17ClN4O4S2/c1-30(26,27)19(4-5-19)15-24-23-14(28-15)13(25)22-18-7-17(8-18,9-18)16-21-11-3-2-10(20)6-12(11)29-16/h2-3,6H,4-5,7-9H2,1H3,(H,22,25). The first-order chi connectivity index (χ1) is 14.1. The van der Waals surface area contributed by atoms with E-state index in [4.69, 9.17) is 21.0 Å². The van der Waals surface area contributed by atoms with Crippen LogP contribution in [0, 0.1) is 0 Å². The molecule has 2 bridgehead atoms. The number of hydrogen-bond donors (Lipinski definition) is 1. The maximum atomic E-state index is 12.6. The van der Waals surface area contributed by atoms with Crippen molar-refractivity contribution in [2.24, 2.45) is 0 Å². The summed E-state index contributed by atoms with van der Waals surface area (Å²) in [5.74, 6) is -0.631. The van der Waals surface area contributed by atoms with Crippen LogP contribution in [0.1, 0.15) is 53.7 Å². The molecule has 0 radical (unpaired) electrons. The highest BCUT2D eigenvalue weighted by Crippen LogP contribution is 2.68. The highest BCUT2D eigenvalue weighted by atomic mass is 35.5. The van der Waals surface area contributed by atoms with E-state index >= 15 is 0 Å². The molecule has 2 heterocycles. The van der Waals surface area contributed by atoms with E-state index < -0.39 is 20.5 Å². The van der Waals surface area contributed by atoms with Crippen LogP contribution in [0.5, 0.6) is 0 Å². The van der Waals surface area contributed by atoms with Crippen LogP contribution in [0.3, 0.4) is 0 Å². The van der Waals surface area contributed by atoms with Gasteiger partial charge in [-0.2, -0.15) is 0 Å². The van der Waals surface area contributed by atoms with E-state index in [9.17, 15) is 13.2 Å². The Morgan fingerprint density at radius 1 is 1.23 bits per heavy atom. The number of sulfone groups is 1. The second-order valence-electron chi connectivity index (χ2n) is 8.86. The molecule has 7 rings (SSSR count). The van der Waals surface area contributed by atoms with Crippen LogP contribution in [-0.4, -0.2) is 41.3 Å². The first-order valence-electron chi connectivity index (χ1n) is 9.57. The van der Waals surface area contributed by atoms with Crippen LogP contribution in [0.4, 0.5) is 0 Å². The molecule has 2 aromatic heterocycles. The first kappa shape index (κ1) is 18.7. The highest BCUT2D eigenvalue weighted by Gasteiger charge is 2.70. The minimum Gasteiger partial charge on any atom is -0.415 e. The van der Waals surface area contributed by atoms with Crippen LogP contribution in [0.15, 0.2) is 22.6 Å². The summed E-state index contributed by atoms with van der Waals surface area (Å²) in [6.07, 6.45) is 4.47. The molecular weight excluding hydrogens is 448 g/mol. The predicted molar refractivity (Wildman–Crippen MR) is 110 cm³/mol. The Labute approximate surface area is 181 Å². The summed E-state index contributed by atoms with van der Waals surface area (Å²) >= 11 is 7.73. The van der Waals surface area contributed by atoms with Crippen LogP contribution in [0.25, 0.3) is 10.2 Å². The summed E-state index contributed by atoms with van der Waals surface area (Å²) in [5, 5.41) is 12.4. The van der Waals surface area contributed by atoms with E-state index in [2.05, 4.69) is 15.5 Å². The van der Waals surface area contributed by atoms with Gasteiger partial charge in [-0.3, -0.25) is 4.79 Å². The van der Waals surface area contributed by atoms with Crippen molar-refractivity contribution in [3.63, 3.8) is 0 Å². The van der Waals surface area contributed by atoms with E-state index in [0.29, 0.717) is 17.9 Å². The summed E-state index contributed by atoms with van der Waals surface area (Å²) < 4.78 is 29.4. The molecule has 0 saturated heterocycles. The quantitative estimate of drug-likeness (QED) is 0.617. The van der Waals surface area contributed by atoms with E-state index in [0.717, 1.165) is 40.7 Å². The molecule has 0 unspecified atom stereocenters. The maximum absolute atomic E-state index is 12.6. The zero-order valence-electron chi connectivity index (χ0n) is 15.9. The van der Waals surface area contributed by atoms with Gasteiger partial charge >= 0.3 is 11.8 Å². The Bertz CT molecular complexity index is 1320. The Morgan fingerprint density at radius 2 is 1.97 bits per heavy atom. The predicted octanol–water partition coefficient (Wildman–Crippen LogP) is 2.97. The molecule has 0 aliphatic heterocycles. The molecule has 4 saturated carbocycles. The number of halogens is 1. The topological polar surface area (TPSA) is 115 Å². The third-order valence-electron chi connectivity index (χ3n) is 6.64. The zero-order valence-corrected chi connectivity index (χ0v) is 18.3. The van der Waals surface area contributed by atoms with Crippen LogP contribution >= 0.6 is 22.9 Å². The van der Waals surface area contributed by atoms with Gasteiger partial charge in [-0.1, -0.05) is 11.6 Å². The largest absolute Gasteiger partial charge is 0.415 e. The second kappa shape index (κ2) is 5.60. The summed E-state index contributed by atoms with van der Waals surface area (Å²) in [6.45, 7) is 0. The SMILES string of the molecule is CS(=O)(=O)C1(c2nnc(C(=O)NC34CC(c5nc6ccc(Cl)cc6s5)(C3)C4)o2)CC1. The van der Waals surface area contributed by atoms with Crippen molar-refractivity contribution in [1.29, 1.82) is 0 Å². The molecule has 156 valence electrons. The minimum atomic E-state index is -3.37. The van der Waals surface area contributed by atoms with Crippen molar-refractivity contribution in [3.8, 4) is 0 Å². The molecule has 3 aromatic rings. The molecule has 1 amide bonds. The Morgan fingerprint density at radius 3 is 2.63 bits per heavy atom. The molecule has 4 fully saturated rings. The van der Waals surface area contributed by atoms with Crippen molar-refractivity contribution in [2.75, 3.05) is 6.26 Å². The van der Waals surface area contributed by atoms with E-state index in [1.807, 2.05) is 18.2 Å². The molecule has 11 heteroatoms. The molecule has 1 aromatic carbocycles. The maximum Gasteiger partial charge on any atom is 0.309 e. The van der Waals surface area contributed by atoms with Crippen molar-refractivity contribution in [1.82, 2.24) is 20.5 Å². The molecule has 8 nitrogen and oxygen atoms in total. The van der Waals surface area contributed by atoms with Gasteiger partial charge in [-0.15, -0.1) is 21.5 Å². The molecular formula is C19H17ClN4O4S2. The third-order valence-corrected chi connectivity index (χ3v) is 10.1. The van der Waals surface area contributed by atoms with Gasteiger partial charge < -0.3 is 9.73 Å². The van der Waals surface area contributed by atoms with Gasteiger partial charge in [-0.25, -0.2) is 13.4 Å². The summed E-state index contributed by atoms with van der Waals surface area (Å²) in [4.78, 5) is 17.4. The highest BCUT2D eigenvalue weighted by molar-refractivity contribution is 7.91. The molecule has 1 N–H and O–H groups in total. The monoisotopic (exact) mass is 464 g/mol. The van der Waals surface area contributed by atoms with Crippen LogP contribution in [-0.2, 0) is 20.0 Å². The minimum absolute atomic E-state index is 0.0114. The number of nitrogens with one attached hydrogen (secondary N) is 1. The molecule has 0 atom stereocenters. The number of thiazole rings is 1. The molecule has 4 aliphatic carbocycles. The fourth-order valence-corrected chi connectivity index (χ4v) is 7.59. The van der Waals surface area contributed by atoms with Gasteiger partial charge in [0.15, 0.2) is 9.84 Å². The third kappa shape index (κ3) is 2.47. The Kier molecular flexibility index (Phi) is 3.49. The lowest BCUT2D eigenvalue weighted by Gasteiger charge is -2.69.